The highest BCUT2D eigenvalue weighted by molar-refractivity contribution is 9.10. The van der Waals surface area contributed by atoms with Crippen molar-refractivity contribution in [3.05, 3.63) is 28.7 Å². The van der Waals surface area contributed by atoms with Gasteiger partial charge in [0.1, 0.15) is 6.29 Å². The highest BCUT2D eigenvalue weighted by Crippen LogP contribution is 2.15. The molecule has 0 aliphatic carbocycles. The van der Waals surface area contributed by atoms with Gasteiger partial charge < -0.3 is 15.4 Å². The maximum atomic E-state index is 11.8. The molecule has 0 fully saturated rings. The molecular formula is C13H17BrN2O2. The summed E-state index contributed by atoms with van der Waals surface area (Å²) in [5.74, 6) is 0. The Morgan fingerprint density at radius 3 is 2.28 bits per heavy atom. The van der Waals surface area contributed by atoms with E-state index in [1.807, 2.05) is 26.0 Å². The van der Waals surface area contributed by atoms with Gasteiger partial charge >= 0.3 is 6.03 Å². The number of carbonyl (C=O) groups is 2. The Bertz CT molecular complexity index is 414. The molecule has 0 aliphatic rings. The summed E-state index contributed by atoms with van der Waals surface area (Å²) >= 11 is 3.32. The van der Waals surface area contributed by atoms with Gasteiger partial charge in [0, 0.05) is 10.2 Å². The van der Waals surface area contributed by atoms with Crippen molar-refractivity contribution in [2.75, 3.05) is 5.32 Å². The maximum absolute atomic E-state index is 11.8. The molecule has 98 valence electrons. The van der Waals surface area contributed by atoms with E-state index in [1.165, 1.54) is 0 Å². The second kappa shape index (κ2) is 6.54. The van der Waals surface area contributed by atoms with Crippen molar-refractivity contribution < 1.29 is 9.59 Å². The number of halogens is 1. The van der Waals surface area contributed by atoms with Crippen molar-refractivity contribution in [2.24, 2.45) is 0 Å². The normalized spacial score (nSPS) is 10.8. The molecule has 0 saturated carbocycles. The van der Waals surface area contributed by atoms with Crippen LogP contribution in [0.4, 0.5) is 10.5 Å². The summed E-state index contributed by atoms with van der Waals surface area (Å²) in [6.45, 7) is 3.75. The average Bonchev–Trinajstić information content (AvgIpc) is 2.39. The zero-order valence-electron chi connectivity index (χ0n) is 10.5. The van der Waals surface area contributed by atoms with Crippen LogP contribution in [0.1, 0.15) is 26.7 Å². The van der Waals surface area contributed by atoms with E-state index in [4.69, 9.17) is 0 Å². The highest BCUT2D eigenvalue weighted by atomic mass is 79.9. The second-order valence-electron chi connectivity index (χ2n) is 4.07. The van der Waals surface area contributed by atoms with Crippen LogP contribution in [0.3, 0.4) is 0 Å². The predicted octanol–water partition coefficient (Wildman–Crippen LogP) is 3.33. The lowest BCUT2D eigenvalue weighted by molar-refractivity contribution is -0.113. The smallest absolute Gasteiger partial charge is 0.320 e. The maximum Gasteiger partial charge on any atom is 0.320 e. The van der Waals surface area contributed by atoms with Crippen molar-refractivity contribution in [3.63, 3.8) is 0 Å². The zero-order chi connectivity index (χ0) is 13.6. The Balaban J connectivity index is 2.66. The minimum Gasteiger partial charge on any atom is -0.326 e. The van der Waals surface area contributed by atoms with Crippen molar-refractivity contribution in [2.45, 2.75) is 32.2 Å². The van der Waals surface area contributed by atoms with E-state index in [-0.39, 0.29) is 6.03 Å². The molecule has 1 rings (SSSR count). The molecule has 0 spiro atoms. The van der Waals surface area contributed by atoms with Crippen molar-refractivity contribution in [3.8, 4) is 0 Å². The number of hydrogen-bond donors (Lipinski definition) is 2. The summed E-state index contributed by atoms with van der Waals surface area (Å²) in [5, 5.41) is 5.41. The van der Waals surface area contributed by atoms with Gasteiger partial charge in [0.05, 0.1) is 5.54 Å². The molecule has 2 amide bonds. The molecule has 0 radical (unpaired) electrons. The summed E-state index contributed by atoms with van der Waals surface area (Å²) in [7, 11) is 0. The largest absolute Gasteiger partial charge is 0.326 e. The van der Waals surface area contributed by atoms with Crippen LogP contribution < -0.4 is 10.6 Å². The summed E-state index contributed by atoms with van der Waals surface area (Å²) in [4.78, 5) is 22.9. The number of anilines is 1. The Labute approximate surface area is 115 Å². The van der Waals surface area contributed by atoms with E-state index >= 15 is 0 Å². The lowest BCUT2D eigenvalue weighted by Crippen LogP contribution is -2.50. The predicted molar refractivity (Wildman–Crippen MR) is 75.7 cm³/mol. The standard InChI is InChI=1S/C13H17BrN2O2/c1-3-13(4-2,9-17)16-12(18)15-11-7-5-10(14)6-8-11/h5-9H,3-4H2,1-2H3,(H2,15,16,18). The van der Waals surface area contributed by atoms with E-state index in [0.717, 1.165) is 10.8 Å². The summed E-state index contributed by atoms with van der Waals surface area (Å²) < 4.78 is 0.942. The van der Waals surface area contributed by atoms with Gasteiger partial charge in [-0.05, 0) is 37.1 Å². The minimum atomic E-state index is -0.778. The summed E-state index contributed by atoms with van der Waals surface area (Å²) in [6, 6.07) is 6.87. The van der Waals surface area contributed by atoms with Crippen molar-refractivity contribution >= 4 is 33.9 Å². The first-order valence-corrected chi connectivity index (χ1v) is 6.65. The number of rotatable bonds is 5. The third kappa shape index (κ3) is 3.84. The lowest BCUT2D eigenvalue weighted by Gasteiger charge is -2.26. The number of benzene rings is 1. The van der Waals surface area contributed by atoms with Gasteiger partial charge in [-0.1, -0.05) is 29.8 Å². The van der Waals surface area contributed by atoms with Crippen LogP contribution in [-0.2, 0) is 4.79 Å². The molecule has 2 N–H and O–H groups in total. The van der Waals surface area contributed by atoms with E-state index in [9.17, 15) is 9.59 Å². The third-order valence-corrected chi connectivity index (χ3v) is 3.48. The first kappa shape index (κ1) is 14.7. The molecule has 4 nitrogen and oxygen atoms in total. The molecule has 0 saturated heterocycles. The molecule has 0 aromatic heterocycles. The van der Waals surface area contributed by atoms with Gasteiger partial charge in [-0.15, -0.1) is 0 Å². The Hall–Kier alpha value is -1.36. The molecular weight excluding hydrogens is 296 g/mol. The van der Waals surface area contributed by atoms with E-state index in [1.54, 1.807) is 12.1 Å². The van der Waals surface area contributed by atoms with Crippen LogP contribution in [0.15, 0.2) is 28.7 Å². The first-order valence-electron chi connectivity index (χ1n) is 5.86. The number of amides is 2. The first-order chi connectivity index (χ1) is 8.55. The number of carbonyl (C=O) groups excluding carboxylic acids is 2. The van der Waals surface area contributed by atoms with E-state index in [2.05, 4.69) is 26.6 Å². The van der Waals surface area contributed by atoms with Crippen LogP contribution in [0.5, 0.6) is 0 Å². The van der Waals surface area contributed by atoms with Gasteiger partial charge in [-0.2, -0.15) is 0 Å². The number of nitrogens with one attached hydrogen (secondary N) is 2. The van der Waals surface area contributed by atoms with Gasteiger partial charge in [-0.25, -0.2) is 4.79 Å². The summed E-state index contributed by atoms with van der Waals surface area (Å²) in [6.07, 6.45) is 1.94. The van der Waals surface area contributed by atoms with Gasteiger partial charge in [0.25, 0.3) is 0 Å². The molecule has 1 aromatic carbocycles. The number of urea groups is 1. The topological polar surface area (TPSA) is 58.2 Å². The van der Waals surface area contributed by atoms with Crippen molar-refractivity contribution in [1.82, 2.24) is 5.32 Å². The quantitative estimate of drug-likeness (QED) is 0.819. The monoisotopic (exact) mass is 312 g/mol. The lowest BCUT2D eigenvalue weighted by atomic mass is 9.95. The molecule has 1 aromatic rings. The fourth-order valence-corrected chi connectivity index (χ4v) is 1.81. The van der Waals surface area contributed by atoms with Gasteiger partial charge in [-0.3, -0.25) is 0 Å². The van der Waals surface area contributed by atoms with E-state index in [0.29, 0.717) is 18.5 Å². The fourth-order valence-electron chi connectivity index (χ4n) is 1.54. The van der Waals surface area contributed by atoms with E-state index < -0.39 is 5.54 Å². The van der Waals surface area contributed by atoms with Crippen LogP contribution in [0.2, 0.25) is 0 Å². The van der Waals surface area contributed by atoms with Crippen LogP contribution in [0.25, 0.3) is 0 Å². The second-order valence-corrected chi connectivity index (χ2v) is 4.98. The Morgan fingerprint density at radius 1 is 1.28 bits per heavy atom. The van der Waals surface area contributed by atoms with Crippen molar-refractivity contribution in [1.29, 1.82) is 0 Å². The van der Waals surface area contributed by atoms with Gasteiger partial charge in [0.15, 0.2) is 0 Å². The minimum absolute atomic E-state index is 0.367. The Morgan fingerprint density at radius 2 is 1.83 bits per heavy atom. The van der Waals surface area contributed by atoms with Gasteiger partial charge in [0.2, 0.25) is 0 Å². The molecule has 5 heteroatoms. The third-order valence-electron chi connectivity index (χ3n) is 2.95. The molecule has 18 heavy (non-hydrogen) atoms. The summed E-state index contributed by atoms with van der Waals surface area (Å²) in [5.41, 5.74) is -0.0953. The molecule has 0 heterocycles. The molecule has 0 bridgehead atoms. The van der Waals surface area contributed by atoms with Crippen LogP contribution in [-0.4, -0.2) is 17.9 Å². The number of aldehydes is 1. The number of hydrogen-bond acceptors (Lipinski definition) is 2. The highest BCUT2D eigenvalue weighted by Gasteiger charge is 2.27. The SMILES string of the molecule is CCC(C=O)(CC)NC(=O)Nc1ccc(Br)cc1. The molecule has 0 atom stereocenters. The molecule has 0 aliphatic heterocycles. The average molecular weight is 313 g/mol. The van der Waals surface area contributed by atoms with Crippen LogP contribution in [0, 0.1) is 0 Å². The van der Waals surface area contributed by atoms with Crippen LogP contribution >= 0.6 is 15.9 Å². The fraction of sp³-hybridized carbons (Fsp3) is 0.385. The zero-order valence-corrected chi connectivity index (χ0v) is 12.1. The molecule has 0 unspecified atom stereocenters. The Kier molecular flexibility index (Phi) is 5.34.